The molecule has 1 nitrogen and oxygen atoms in total. The van der Waals surface area contributed by atoms with Gasteiger partial charge in [-0.2, -0.15) is 0 Å². The topological polar surface area (TPSA) is 20.2 Å². The largest absolute Gasteiger partial charge is 0.393 e. The highest BCUT2D eigenvalue weighted by atomic mass is 16.3. The molecule has 0 spiro atoms. The van der Waals surface area contributed by atoms with Crippen LogP contribution in [0.15, 0.2) is 23.3 Å². The number of hydrogen-bond donors (Lipinski definition) is 1. The van der Waals surface area contributed by atoms with Gasteiger partial charge in [-0.25, -0.2) is 0 Å². The Kier molecular flexibility index (Phi) is 5.05. The first kappa shape index (κ1) is 19.4. The monoisotopic (exact) mass is 382 g/mol. The molecule has 0 bridgehead atoms. The standard InChI is InChI=1S/C27H42O/c1-26-17-15-25-23(12-10-21-18-22(28)14-16-27(21,25)2)24(26)13-11-20(26)9-8-19-6-4-3-5-7-19/h6,10,20,22-25,28H,3-5,7-9,11-18H2,1-2H3/t20-,22-,23-,24-,25-,26+,27-/m0/s1. The van der Waals surface area contributed by atoms with Gasteiger partial charge < -0.3 is 5.11 Å². The lowest BCUT2D eigenvalue weighted by Crippen LogP contribution is -2.50. The number of rotatable bonds is 3. The molecule has 3 fully saturated rings. The molecular formula is C27H42O. The number of hydrogen-bond acceptors (Lipinski definition) is 1. The van der Waals surface area contributed by atoms with E-state index in [1.54, 1.807) is 11.1 Å². The van der Waals surface area contributed by atoms with E-state index in [1.807, 2.05) is 0 Å². The van der Waals surface area contributed by atoms with E-state index in [1.165, 1.54) is 77.0 Å². The van der Waals surface area contributed by atoms with E-state index in [4.69, 9.17) is 0 Å². The van der Waals surface area contributed by atoms with Crippen LogP contribution in [0.4, 0.5) is 0 Å². The Bertz CT molecular complexity index is 659. The Morgan fingerprint density at radius 3 is 2.71 bits per heavy atom. The third-order valence-corrected chi connectivity index (χ3v) is 10.5. The molecule has 0 unspecified atom stereocenters. The highest BCUT2D eigenvalue weighted by Crippen LogP contribution is 2.66. The summed E-state index contributed by atoms with van der Waals surface area (Å²) >= 11 is 0. The Hall–Kier alpha value is -0.560. The smallest absolute Gasteiger partial charge is 0.0577 e. The van der Waals surface area contributed by atoms with Gasteiger partial charge in [0.15, 0.2) is 0 Å². The quantitative estimate of drug-likeness (QED) is 0.511. The van der Waals surface area contributed by atoms with Crippen molar-refractivity contribution in [2.75, 3.05) is 0 Å². The van der Waals surface area contributed by atoms with Crippen LogP contribution in [0.3, 0.4) is 0 Å². The number of aliphatic hydroxyl groups is 1. The Morgan fingerprint density at radius 1 is 1.00 bits per heavy atom. The van der Waals surface area contributed by atoms with Gasteiger partial charge in [0.1, 0.15) is 0 Å². The maximum Gasteiger partial charge on any atom is 0.0577 e. The summed E-state index contributed by atoms with van der Waals surface area (Å²) in [5, 5.41) is 10.2. The average molecular weight is 383 g/mol. The van der Waals surface area contributed by atoms with Crippen molar-refractivity contribution >= 4 is 0 Å². The van der Waals surface area contributed by atoms with Crippen molar-refractivity contribution in [2.24, 2.45) is 34.5 Å². The van der Waals surface area contributed by atoms with Gasteiger partial charge in [-0.05, 0) is 124 Å². The molecule has 0 aromatic rings. The highest BCUT2D eigenvalue weighted by molar-refractivity contribution is 5.25. The van der Waals surface area contributed by atoms with E-state index in [-0.39, 0.29) is 6.10 Å². The van der Waals surface area contributed by atoms with Crippen molar-refractivity contribution in [2.45, 2.75) is 110 Å². The van der Waals surface area contributed by atoms with Crippen LogP contribution in [0.2, 0.25) is 0 Å². The van der Waals surface area contributed by atoms with E-state index < -0.39 is 0 Å². The molecule has 3 saturated carbocycles. The molecule has 5 aliphatic carbocycles. The summed E-state index contributed by atoms with van der Waals surface area (Å²) in [5.74, 6) is 3.73. The van der Waals surface area contributed by atoms with Gasteiger partial charge >= 0.3 is 0 Å². The van der Waals surface area contributed by atoms with Crippen LogP contribution < -0.4 is 0 Å². The van der Waals surface area contributed by atoms with E-state index in [2.05, 4.69) is 26.0 Å². The zero-order valence-electron chi connectivity index (χ0n) is 18.4. The van der Waals surface area contributed by atoms with Crippen LogP contribution in [0.1, 0.15) is 104 Å². The van der Waals surface area contributed by atoms with Crippen LogP contribution >= 0.6 is 0 Å². The summed E-state index contributed by atoms with van der Waals surface area (Å²) in [4.78, 5) is 0. The maximum atomic E-state index is 10.2. The van der Waals surface area contributed by atoms with Crippen molar-refractivity contribution in [3.63, 3.8) is 0 Å². The third kappa shape index (κ3) is 3.06. The zero-order valence-corrected chi connectivity index (χ0v) is 18.4. The average Bonchev–Trinajstić information content (AvgIpc) is 3.04. The van der Waals surface area contributed by atoms with Gasteiger partial charge in [0.05, 0.1) is 6.10 Å². The molecule has 5 aliphatic rings. The SMILES string of the molecule is C[C@]12CC[C@H]3[C@@H](CC=C4C[C@@H](O)CC[C@@]43C)[C@@H]1CC[C@@H]2CCC1=CCCCC1. The van der Waals surface area contributed by atoms with Crippen LogP contribution in [0.5, 0.6) is 0 Å². The maximum absolute atomic E-state index is 10.2. The Balaban J connectivity index is 1.32. The summed E-state index contributed by atoms with van der Waals surface area (Å²) in [7, 11) is 0. The fourth-order valence-electron chi connectivity index (χ4n) is 8.72. The molecule has 0 aromatic carbocycles. The van der Waals surface area contributed by atoms with Gasteiger partial charge in [0, 0.05) is 0 Å². The van der Waals surface area contributed by atoms with E-state index in [9.17, 15) is 5.11 Å². The molecule has 0 aromatic heterocycles. The molecule has 28 heavy (non-hydrogen) atoms. The molecule has 7 atom stereocenters. The number of fused-ring (bicyclic) bond motifs is 5. The van der Waals surface area contributed by atoms with Gasteiger partial charge in [-0.15, -0.1) is 0 Å². The van der Waals surface area contributed by atoms with Crippen molar-refractivity contribution in [1.29, 1.82) is 0 Å². The van der Waals surface area contributed by atoms with Crippen LogP contribution in [-0.2, 0) is 0 Å². The molecule has 0 aliphatic heterocycles. The lowest BCUT2D eigenvalue weighted by Gasteiger charge is -2.58. The Morgan fingerprint density at radius 2 is 1.89 bits per heavy atom. The summed E-state index contributed by atoms with van der Waals surface area (Å²) < 4.78 is 0. The van der Waals surface area contributed by atoms with E-state index in [0.717, 1.165) is 36.5 Å². The lowest BCUT2D eigenvalue weighted by molar-refractivity contribution is -0.0505. The first-order chi connectivity index (χ1) is 13.5. The molecule has 1 N–H and O–H groups in total. The molecule has 0 saturated heterocycles. The first-order valence-corrected chi connectivity index (χ1v) is 12.6. The second-order valence-electron chi connectivity index (χ2n) is 11.6. The van der Waals surface area contributed by atoms with Crippen molar-refractivity contribution in [3.8, 4) is 0 Å². The van der Waals surface area contributed by atoms with Crippen molar-refractivity contribution in [1.82, 2.24) is 0 Å². The molecule has 0 radical (unpaired) electrons. The predicted octanol–water partition coefficient (Wildman–Crippen LogP) is 7.21. The number of allylic oxidation sites excluding steroid dienone is 3. The second kappa shape index (κ2) is 7.29. The second-order valence-corrected chi connectivity index (χ2v) is 11.6. The highest BCUT2D eigenvalue weighted by Gasteiger charge is 2.58. The molecule has 0 amide bonds. The summed E-state index contributed by atoms with van der Waals surface area (Å²) in [6, 6.07) is 0. The van der Waals surface area contributed by atoms with Crippen LogP contribution in [0.25, 0.3) is 0 Å². The van der Waals surface area contributed by atoms with Gasteiger partial charge in [-0.1, -0.05) is 37.1 Å². The summed E-state index contributed by atoms with van der Waals surface area (Å²) in [6.07, 6.45) is 23.9. The van der Waals surface area contributed by atoms with Crippen LogP contribution in [0, 0.1) is 34.5 Å². The first-order valence-electron chi connectivity index (χ1n) is 12.6. The minimum absolute atomic E-state index is 0.0744. The predicted molar refractivity (Wildman–Crippen MR) is 117 cm³/mol. The Labute approximate surface area is 173 Å². The normalized spacial score (nSPS) is 48.2. The summed E-state index contributed by atoms with van der Waals surface area (Å²) in [6.45, 7) is 5.25. The van der Waals surface area contributed by atoms with Gasteiger partial charge in [-0.3, -0.25) is 0 Å². The van der Waals surface area contributed by atoms with E-state index in [0.29, 0.717) is 10.8 Å². The molecule has 156 valence electrons. The molecule has 0 heterocycles. The van der Waals surface area contributed by atoms with E-state index >= 15 is 0 Å². The fraction of sp³-hybridized carbons (Fsp3) is 0.852. The molecular weight excluding hydrogens is 340 g/mol. The fourth-order valence-corrected chi connectivity index (χ4v) is 8.72. The molecule has 5 rings (SSSR count). The zero-order chi connectivity index (χ0) is 19.4. The van der Waals surface area contributed by atoms with Gasteiger partial charge in [0.2, 0.25) is 0 Å². The summed E-state index contributed by atoms with van der Waals surface area (Å²) in [5.41, 5.74) is 4.40. The third-order valence-electron chi connectivity index (χ3n) is 10.5. The lowest BCUT2D eigenvalue weighted by atomic mass is 9.47. The minimum Gasteiger partial charge on any atom is -0.393 e. The molecule has 1 heteroatoms. The minimum atomic E-state index is -0.0744. The van der Waals surface area contributed by atoms with Crippen molar-refractivity contribution in [3.05, 3.63) is 23.3 Å². The van der Waals surface area contributed by atoms with Crippen LogP contribution in [-0.4, -0.2) is 11.2 Å². The number of aliphatic hydroxyl groups excluding tert-OH is 1. The van der Waals surface area contributed by atoms with Crippen molar-refractivity contribution < 1.29 is 5.11 Å². The van der Waals surface area contributed by atoms with Gasteiger partial charge in [0.25, 0.3) is 0 Å².